The smallest absolute Gasteiger partial charge is 0.295 e. The van der Waals surface area contributed by atoms with Crippen LogP contribution in [0.25, 0.3) is 11.0 Å². The molecule has 0 amide bonds. The van der Waals surface area contributed by atoms with Crippen LogP contribution in [-0.2, 0) is 14.1 Å². The molecule has 0 aliphatic heterocycles. The minimum absolute atomic E-state index is 0.0358. The van der Waals surface area contributed by atoms with E-state index in [9.17, 15) is 14.9 Å². The van der Waals surface area contributed by atoms with Gasteiger partial charge in [-0.05, 0) is 13.0 Å². The van der Waals surface area contributed by atoms with Gasteiger partial charge in [0.2, 0.25) is 0 Å². The van der Waals surface area contributed by atoms with Gasteiger partial charge in [-0.1, -0.05) is 0 Å². The van der Waals surface area contributed by atoms with Crippen LogP contribution in [-0.4, -0.2) is 14.1 Å². The Balaban J connectivity index is 2.96. The minimum Gasteiger partial charge on any atom is -0.295 e. The van der Waals surface area contributed by atoms with Crippen molar-refractivity contribution >= 4 is 16.7 Å². The summed E-state index contributed by atoms with van der Waals surface area (Å²) in [6, 6.07) is 3.10. The SMILES string of the molecule is Cc1cc2c(cc1[N+](=O)[O-])n(C)c(=O)n2C. The lowest BCUT2D eigenvalue weighted by Crippen LogP contribution is -2.19. The van der Waals surface area contributed by atoms with Crippen LogP contribution in [0.4, 0.5) is 5.69 Å². The highest BCUT2D eigenvalue weighted by molar-refractivity contribution is 5.80. The molecule has 0 saturated carbocycles. The number of nitro benzene ring substituents is 1. The molecule has 0 aliphatic carbocycles. The average molecular weight is 221 g/mol. The maximum Gasteiger partial charge on any atom is 0.328 e. The zero-order valence-corrected chi connectivity index (χ0v) is 9.22. The quantitative estimate of drug-likeness (QED) is 0.534. The van der Waals surface area contributed by atoms with Gasteiger partial charge in [-0.3, -0.25) is 19.2 Å². The normalized spacial score (nSPS) is 10.9. The molecule has 0 aliphatic rings. The second-order valence-electron chi connectivity index (χ2n) is 3.79. The van der Waals surface area contributed by atoms with Crippen molar-refractivity contribution in [2.75, 3.05) is 0 Å². The van der Waals surface area contributed by atoms with Gasteiger partial charge >= 0.3 is 5.69 Å². The molecule has 84 valence electrons. The van der Waals surface area contributed by atoms with Gasteiger partial charge < -0.3 is 0 Å². The lowest BCUT2D eigenvalue weighted by molar-refractivity contribution is -0.385. The van der Waals surface area contributed by atoms with E-state index < -0.39 is 4.92 Å². The molecule has 1 aromatic heterocycles. The Morgan fingerprint density at radius 2 is 1.69 bits per heavy atom. The monoisotopic (exact) mass is 221 g/mol. The topological polar surface area (TPSA) is 70.1 Å². The van der Waals surface area contributed by atoms with Crippen LogP contribution in [0, 0.1) is 17.0 Å². The van der Waals surface area contributed by atoms with E-state index in [0.29, 0.717) is 16.6 Å². The summed E-state index contributed by atoms with van der Waals surface area (Å²) >= 11 is 0. The Kier molecular flexibility index (Phi) is 2.08. The lowest BCUT2D eigenvalue weighted by Gasteiger charge is -1.99. The molecule has 2 rings (SSSR count). The molecular formula is C10H11N3O3. The summed E-state index contributed by atoms with van der Waals surface area (Å²) in [7, 11) is 3.25. The lowest BCUT2D eigenvalue weighted by atomic mass is 10.2. The second kappa shape index (κ2) is 3.19. The van der Waals surface area contributed by atoms with Crippen molar-refractivity contribution in [1.29, 1.82) is 0 Å². The zero-order valence-electron chi connectivity index (χ0n) is 9.22. The fraction of sp³-hybridized carbons (Fsp3) is 0.300. The summed E-state index contributed by atoms with van der Waals surface area (Å²) in [5, 5.41) is 10.8. The summed E-state index contributed by atoms with van der Waals surface area (Å²) in [5.74, 6) is 0. The Bertz CT molecular complexity index is 651. The van der Waals surface area contributed by atoms with E-state index in [1.165, 1.54) is 15.2 Å². The van der Waals surface area contributed by atoms with Gasteiger partial charge in [0.25, 0.3) is 5.69 Å². The van der Waals surface area contributed by atoms with Gasteiger partial charge in [0.1, 0.15) is 0 Å². The van der Waals surface area contributed by atoms with Crippen molar-refractivity contribution in [2.45, 2.75) is 6.92 Å². The highest BCUT2D eigenvalue weighted by Crippen LogP contribution is 2.23. The molecule has 0 radical (unpaired) electrons. The minimum atomic E-state index is -0.438. The maximum absolute atomic E-state index is 11.6. The van der Waals surface area contributed by atoms with Gasteiger partial charge in [0.05, 0.1) is 16.0 Å². The van der Waals surface area contributed by atoms with E-state index in [1.807, 2.05) is 0 Å². The zero-order chi connectivity index (χ0) is 12.0. The number of aryl methyl sites for hydroxylation is 3. The van der Waals surface area contributed by atoms with Crippen LogP contribution in [0.5, 0.6) is 0 Å². The molecule has 0 N–H and O–H groups in total. The summed E-state index contributed by atoms with van der Waals surface area (Å²) in [5.41, 5.74) is 1.68. The molecule has 0 atom stereocenters. The van der Waals surface area contributed by atoms with Gasteiger partial charge in [0, 0.05) is 25.7 Å². The number of fused-ring (bicyclic) bond motifs is 1. The van der Waals surface area contributed by atoms with E-state index in [0.717, 1.165) is 0 Å². The van der Waals surface area contributed by atoms with Gasteiger partial charge in [-0.2, -0.15) is 0 Å². The number of hydrogen-bond acceptors (Lipinski definition) is 3. The van der Waals surface area contributed by atoms with Crippen LogP contribution in [0.1, 0.15) is 5.56 Å². The Labute approximate surface area is 90.9 Å². The third-order valence-electron chi connectivity index (χ3n) is 2.79. The number of nitrogens with zero attached hydrogens (tertiary/aromatic N) is 3. The molecule has 0 fully saturated rings. The highest BCUT2D eigenvalue weighted by atomic mass is 16.6. The average Bonchev–Trinajstić information content (AvgIpc) is 2.43. The summed E-state index contributed by atoms with van der Waals surface area (Å²) in [6.07, 6.45) is 0. The third kappa shape index (κ3) is 1.23. The molecule has 6 nitrogen and oxygen atoms in total. The van der Waals surface area contributed by atoms with Crippen LogP contribution in [0.2, 0.25) is 0 Å². The standard InChI is InChI=1S/C10H11N3O3/c1-6-4-8-9(5-7(6)13(15)16)12(3)10(14)11(8)2/h4-5H,1-3H3. The fourth-order valence-corrected chi connectivity index (χ4v) is 1.84. The maximum atomic E-state index is 11.6. The van der Waals surface area contributed by atoms with Crippen LogP contribution in [0.15, 0.2) is 16.9 Å². The van der Waals surface area contributed by atoms with Crippen molar-refractivity contribution in [1.82, 2.24) is 9.13 Å². The van der Waals surface area contributed by atoms with Crippen molar-refractivity contribution in [2.24, 2.45) is 14.1 Å². The first-order valence-corrected chi connectivity index (χ1v) is 4.74. The molecule has 16 heavy (non-hydrogen) atoms. The number of hydrogen-bond donors (Lipinski definition) is 0. The molecular weight excluding hydrogens is 210 g/mol. The highest BCUT2D eigenvalue weighted by Gasteiger charge is 2.16. The second-order valence-corrected chi connectivity index (χ2v) is 3.79. The molecule has 0 saturated heterocycles. The van der Waals surface area contributed by atoms with Crippen LogP contribution < -0.4 is 5.69 Å². The summed E-state index contributed by atoms with van der Waals surface area (Å²) in [6.45, 7) is 1.66. The molecule has 2 aromatic rings. The molecule has 1 aromatic carbocycles. The largest absolute Gasteiger partial charge is 0.328 e. The molecule has 6 heteroatoms. The van der Waals surface area contributed by atoms with Gasteiger partial charge in [-0.15, -0.1) is 0 Å². The first-order chi connectivity index (χ1) is 7.43. The molecule has 0 unspecified atom stereocenters. The number of nitro groups is 1. The van der Waals surface area contributed by atoms with E-state index in [4.69, 9.17) is 0 Å². The van der Waals surface area contributed by atoms with E-state index in [1.54, 1.807) is 27.1 Å². The first kappa shape index (κ1) is 10.4. The number of benzene rings is 1. The fourth-order valence-electron chi connectivity index (χ4n) is 1.84. The van der Waals surface area contributed by atoms with Crippen molar-refractivity contribution in [3.63, 3.8) is 0 Å². The Hall–Kier alpha value is -2.11. The van der Waals surface area contributed by atoms with Gasteiger partial charge in [0.15, 0.2) is 0 Å². The van der Waals surface area contributed by atoms with Crippen LogP contribution >= 0.6 is 0 Å². The van der Waals surface area contributed by atoms with Crippen molar-refractivity contribution in [3.8, 4) is 0 Å². The third-order valence-corrected chi connectivity index (χ3v) is 2.79. The predicted molar refractivity (Wildman–Crippen MR) is 59.6 cm³/mol. The number of imidazole rings is 1. The summed E-state index contributed by atoms with van der Waals surface area (Å²) in [4.78, 5) is 22.0. The van der Waals surface area contributed by atoms with E-state index in [-0.39, 0.29) is 11.4 Å². The summed E-state index contributed by atoms with van der Waals surface area (Å²) < 4.78 is 2.88. The Morgan fingerprint density at radius 3 is 2.19 bits per heavy atom. The molecule has 1 heterocycles. The Morgan fingerprint density at radius 1 is 1.19 bits per heavy atom. The molecule has 0 bridgehead atoms. The van der Waals surface area contributed by atoms with Gasteiger partial charge in [-0.25, -0.2) is 4.79 Å². The molecule has 0 spiro atoms. The van der Waals surface area contributed by atoms with Crippen molar-refractivity contribution < 1.29 is 4.92 Å². The van der Waals surface area contributed by atoms with Crippen molar-refractivity contribution in [3.05, 3.63) is 38.3 Å². The van der Waals surface area contributed by atoms with E-state index in [2.05, 4.69) is 0 Å². The van der Waals surface area contributed by atoms with E-state index >= 15 is 0 Å². The first-order valence-electron chi connectivity index (χ1n) is 4.74. The van der Waals surface area contributed by atoms with Crippen LogP contribution in [0.3, 0.4) is 0 Å². The predicted octanol–water partition coefficient (Wildman–Crippen LogP) is 1.09. The number of rotatable bonds is 1. The number of aromatic nitrogens is 2.